The molecule has 4 heteroatoms. The highest BCUT2D eigenvalue weighted by atomic mass is 79.9. The first-order valence-electron chi connectivity index (χ1n) is 4.44. The number of hydrogen-bond donors (Lipinski definition) is 0. The second kappa shape index (κ2) is 5.74. The molecule has 1 aromatic carbocycles. The molecule has 0 bridgehead atoms. The minimum absolute atomic E-state index is 0.329. The number of nitrogens with zero attached hydrogens (tertiary/aromatic N) is 1. The Morgan fingerprint density at radius 3 is 2.67 bits per heavy atom. The first kappa shape index (κ1) is 12.0. The highest BCUT2D eigenvalue weighted by Crippen LogP contribution is 2.28. The topological polar surface area (TPSA) is 42.2 Å². The monoisotopic (exact) mass is 269 g/mol. The van der Waals surface area contributed by atoms with E-state index in [2.05, 4.69) is 22.0 Å². The second-order valence-electron chi connectivity index (χ2n) is 3.01. The average Bonchev–Trinajstić information content (AvgIpc) is 2.22. The van der Waals surface area contributed by atoms with Crippen LogP contribution in [0.15, 0.2) is 16.6 Å². The summed E-state index contributed by atoms with van der Waals surface area (Å²) in [7, 11) is 3.22. The minimum Gasteiger partial charge on any atom is -0.496 e. The molecule has 0 saturated carbocycles. The van der Waals surface area contributed by atoms with Gasteiger partial charge in [-0.2, -0.15) is 5.26 Å². The summed E-state index contributed by atoms with van der Waals surface area (Å²) in [5, 5.41) is 8.74. The Morgan fingerprint density at radius 2 is 2.13 bits per heavy atom. The van der Waals surface area contributed by atoms with Crippen LogP contribution >= 0.6 is 15.9 Å². The Labute approximate surface area is 97.7 Å². The number of rotatable bonds is 4. The number of nitriles is 1. The van der Waals surface area contributed by atoms with Gasteiger partial charge in [-0.25, -0.2) is 0 Å². The standard InChI is InChI=1S/C11H12BrNO2/c1-14-7-8-5-9(12)6-11(15-2)10(8)3-4-13/h5-6H,3,7H2,1-2H3. The third-order valence-electron chi connectivity index (χ3n) is 2.04. The van der Waals surface area contributed by atoms with Crippen molar-refractivity contribution in [3.05, 3.63) is 27.7 Å². The normalized spacial score (nSPS) is 9.73. The maximum Gasteiger partial charge on any atom is 0.124 e. The summed E-state index contributed by atoms with van der Waals surface area (Å²) in [6, 6.07) is 5.92. The molecule has 0 aromatic heterocycles. The molecule has 3 nitrogen and oxygen atoms in total. The fourth-order valence-corrected chi connectivity index (χ4v) is 1.90. The quantitative estimate of drug-likeness (QED) is 0.844. The van der Waals surface area contributed by atoms with E-state index in [-0.39, 0.29) is 0 Å². The molecule has 1 rings (SSSR count). The average molecular weight is 270 g/mol. The SMILES string of the molecule is COCc1cc(Br)cc(OC)c1CC#N. The predicted octanol–water partition coefficient (Wildman–Crippen LogP) is 2.67. The zero-order valence-corrected chi connectivity index (χ0v) is 10.3. The fraction of sp³-hybridized carbons (Fsp3) is 0.364. The van der Waals surface area contributed by atoms with E-state index in [0.29, 0.717) is 13.0 Å². The smallest absolute Gasteiger partial charge is 0.124 e. The van der Waals surface area contributed by atoms with Gasteiger partial charge in [-0.15, -0.1) is 0 Å². The molecule has 0 aliphatic rings. The first-order chi connectivity index (χ1) is 7.22. The molecule has 0 heterocycles. The molecule has 15 heavy (non-hydrogen) atoms. The molecule has 0 radical (unpaired) electrons. The molecule has 1 aromatic rings. The van der Waals surface area contributed by atoms with Crippen molar-refractivity contribution in [3.8, 4) is 11.8 Å². The predicted molar refractivity (Wildman–Crippen MR) is 60.7 cm³/mol. The lowest BCUT2D eigenvalue weighted by Gasteiger charge is -2.12. The summed E-state index contributed by atoms with van der Waals surface area (Å²) in [4.78, 5) is 0. The van der Waals surface area contributed by atoms with Gasteiger partial charge in [-0.3, -0.25) is 0 Å². The lowest BCUT2D eigenvalue weighted by atomic mass is 10.0. The Balaban J connectivity index is 3.21. The van der Waals surface area contributed by atoms with Crippen LogP contribution in [-0.2, 0) is 17.8 Å². The first-order valence-corrected chi connectivity index (χ1v) is 5.23. The molecule has 0 fully saturated rings. The van der Waals surface area contributed by atoms with Gasteiger partial charge in [0.05, 0.1) is 26.2 Å². The van der Waals surface area contributed by atoms with Gasteiger partial charge in [0, 0.05) is 17.1 Å². The highest BCUT2D eigenvalue weighted by molar-refractivity contribution is 9.10. The zero-order chi connectivity index (χ0) is 11.3. The molecule has 80 valence electrons. The minimum atomic E-state index is 0.329. The van der Waals surface area contributed by atoms with Crippen molar-refractivity contribution >= 4 is 15.9 Å². The van der Waals surface area contributed by atoms with Crippen molar-refractivity contribution in [3.63, 3.8) is 0 Å². The summed E-state index contributed by atoms with van der Waals surface area (Å²) < 4.78 is 11.2. The van der Waals surface area contributed by atoms with Crippen molar-refractivity contribution in [1.29, 1.82) is 5.26 Å². The molecule has 0 spiro atoms. The van der Waals surface area contributed by atoms with Crippen LogP contribution in [0.4, 0.5) is 0 Å². The summed E-state index contributed by atoms with van der Waals surface area (Å²) >= 11 is 3.39. The van der Waals surface area contributed by atoms with Crippen LogP contribution in [-0.4, -0.2) is 14.2 Å². The Hall–Kier alpha value is -1.05. The summed E-state index contributed by atoms with van der Waals surface area (Å²) in [6.07, 6.45) is 0.329. The molecule has 0 saturated heterocycles. The van der Waals surface area contributed by atoms with Crippen LogP contribution in [0.5, 0.6) is 5.75 Å². The molecule has 0 atom stereocenters. The van der Waals surface area contributed by atoms with Gasteiger partial charge in [-0.05, 0) is 17.7 Å². The molecule has 0 amide bonds. The summed E-state index contributed by atoms with van der Waals surface area (Å²) in [5.74, 6) is 0.720. The number of methoxy groups -OCH3 is 2. The summed E-state index contributed by atoms with van der Waals surface area (Å²) in [5.41, 5.74) is 1.87. The van der Waals surface area contributed by atoms with E-state index >= 15 is 0 Å². The Morgan fingerprint density at radius 1 is 1.40 bits per heavy atom. The van der Waals surface area contributed by atoms with E-state index in [1.807, 2.05) is 12.1 Å². The van der Waals surface area contributed by atoms with Crippen molar-refractivity contribution in [1.82, 2.24) is 0 Å². The number of halogens is 1. The molecule has 0 aliphatic carbocycles. The second-order valence-corrected chi connectivity index (χ2v) is 3.93. The van der Waals surface area contributed by atoms with E-state index < -0.39 is 0 Å². The van der Waals surface area contributed by atoms with Gasteiger partial charge in [0.1, 0.15) is 5.75 Å². The lowest BCUT2D eigenvalue weighted by Crippen LogP contribution is -1.99. The van der Waals surface area contributed by atoms with Crippen LogP contribution in [0, 0.1) is 11.3 Å². The maximum atomic E-state index is 8.74. The van der Waals surface area contributed by atoms with Crippen LogP contribution in [0.25, 0.3) is 0 Å². The lowest BCUT2D eigenvalue weighted by molar-refractivity contribution is 0.184. The van der Waals surface area contributed by atoms with Crippen molar-refractivity contribution in [2.75, 3.05) is 14.2 Å². The maximum absolute atomic E-state index is 8.74. The zero-order valence-electron chi connectivity index (χ0n) is 8.71. The van der Waals surface area contributed by atoms with E-state index in [0.717, 1.165) is 21.3 Å². The largest absolute Gasteiger partial charge is 0.496 e. The van der Waals surface area contributed by atoms with Crippen LogP contribution in [0.1, 0.15) is 11.1 Å². The van der Waals surface area contributed by atoms with Gasteiger partial charge >= 0.3 is 0 Å². The molecule has 0 aliphatic heterocycles. The van der Waals surface area contributed by atoms with Crippen molar-refractivity contribution in [2.24, 2.45) is 0 Å². The van der Waals surface area contributed by atoms with E-state index in [1.165, 1.54) is 0 Å². The van der Waals surface area contributed by atoms with E-state index in [4.69, 9.17) is 14.7 Å². The van der Waals surface area contributed by atoms with Crippen molar-refractivity contribution < 1.29 is 9.47 Å². The van der Waals surface area contributed by atoms with E-state index in [1.54, 1.807) is 14.2 Å². The molecular weight excluding hydrogens is 258 g/mol. The van der Waals surface area contributed by atoms with E-state index in [9.17, 15) is 0 Å². The third kappa shape index (κ3) is 2.95. The Kier molecular flexibility index (Phi) is 4.60. The van der Waals surface area contributed by atoms with Crippen LogP contribution in [0.2, 0.25) is 0 Å². The van der Waals surface area contributed by atoms with Gasteiger partial charge in [-0.1, -0.05) is 15.9 Å². The van der Waals surface area contributed by atoms with Gasteiger partial charge < -0.3 is 9.47 Å². The Bertz CT molecular complexity index is 385. The number of ether oxygens (including phenoxy) is 2. The van der Waals surface area contributed by atoms with Crippen LogP contribution < -0.4 is 4.74 Å². The van der Waals surface area contributed by atoms with Gasteiger partial charge in [0.25, 0.3) is 0 Å². The van der Waals surface area contributed by atoms with Gasteiger partial charge in [0.15, 0.2) is 0 Å². The fourth-order valence-electron chi connectivity index (χ4n) is 1.41. The molecule has 0 N–H and O–H groups in total. The highest BCUT2D eigenvalue weighted by Gasteiger charge is 2.10. The number of hydrogen-bond acceptors (Lipinski definition) is 3. The van der Waals surface area contributed by atoms with Gasteiger partial charge in [0.2, 0.25) is 0 Å². The number of benzene rings is 1. The summed E-state index contributed by atoms with van der Waals surface area (Å²) in [6.45, 7) is 0.479. The van der Waals surface area contributed by atoms with Crippen LogP contribution in [0.3, 0.4) is 0 Å². The molecular formula is C11H12BrNO2. The third-order valence-corrected chi connectivity index (χ3v) is 2.50. The van der Waals surface area contributed by atoms with Crippen molar-refractivity contribution in [2.45, 2.75) is 13.0 Å². The molecule has 0 unspecified atom stereocenters.